The van der Waals surface area contributed by atoms with Crippen molar-refractivity contribution in [3.8, 4) is 0 Å². The van der Waals surface area contributed by atoms with Crippen molar-refractivity contribution in [3.05, 3.63) is 0 Å². The lowest BCUT2D eigenvalue weighted by Gasteiger charge is -2.38. The Kier molecular flexibility index (Phi) is 3.20. The molecule has 0 aliphatic carbocycles. The van der Waals surface area contributed by atoms with Crippen LogP contribution in [0.1, 0.15) is 33.6 Å². The topological polar surface area (TPSA) is 12.5 Å². The maximum atomic E-state index is 6.14. The van der Waals surface area contributed by atoms with E-state index >= 15 is 0 Å². The molecular weight excluding hydrogens is 178 g/mol. The monoisotopic (exact) mass is 201 g/mol. The van der Waals surface area contributed by atoms with Crippen molar-refractivity contribution in [1.82, 2.24) is 5.06 Å². The lowest BCUT2D eigenvalue weighted by Crippen LogP contribution is -2.45. The first kappa shape index (κ1) is 11.2. The predicted molar refractivity (Wildman–Crippen MR) is 59.1 cm³/mol. The zero-order valence-corrected chi connectivity index (χ0v) is 10.7. The number of hydroxylamine groups is 2. The van der Waals surface area contributed by atoms with Crippen molar-refractivity contribution in [1.29, 1.82) is 0 Å². The summed E-state index contributed by atoms with van der Waals surface area (Å²) >= 11 is 0. The summed E-state index contributed by atoms with van der Waals surface area (Å²) in [4.78, 5) is 0. The van der Waals surface area contributed by atoms with Crippen LogP contribution in [0.25, 0.3) is 0 Å². The number of rotatable bonds is 2. The molecule has 0 atom stereocenters. The van der Waals surface area contributed by atoms with Gasteiger partial charge in [-0.05, 0) is 31.0 Å². The zero-order valence-electron chi connectivity index (χ0n) is 9.68. The van der Waals surface area contributed by atoms with E-state index in [-0.39, 0.29) is 0 Å². The van der Waals surface area contributed by atoms with Crippen LogP contribution in [0, 0.1) is 0 Å². The molecule has 1 aliphatic rings. The van der Waals surface area contributed by atoms with Crippen molar-refractivity contribution in [2.45, 2.75) is 51.7 Å². The summed E-state index contributed by atoms with van der Waals surface area (Å²) in [6.07, 6.45) is 2.60. The molecule has 0 N–H and O–H groups in total. The Morgan fingerprint density at radius 2 is 1.54 bits per heavy atom. The number of nitrogens with zero attached hydrogens (tertiary/aromatic N) is 1. The molecule has 1 saturated heterocycles. The summed E-state index contributed by atoms with van der Waals surface area (Å²) < 4.78 is 6.14. The normalized spacial score (nSPS) is 21.0. The average Bonchev–Trinajstić information content (AvgIpc) is 2.35. The van der Waals surface area contributed by atoms with E-state index in [1.807, 2.05) is 0 Å². The van der Waals surface area contributed by atoms with E-state index in [1.54, 1.807) is 0 Å². The van der Waals surface area contributed by atoms with Gasteiger partial charge in [0.05, 0.1) is 0 Å². The molecule has 78 valence electrons. The van der Waals surface area contributed by atoms with Gasteiger partial charge in [0.2, 0.25) is 8.32 Å². The second-order valence-electron chi connectivity index (χ2n) is 5.49. The van der Waals surface area contributed by atoms with Crippen LogP contribution in [0.3, 0.4) is 0 Å². The number of hydrogen-bond acceptors (Lipinski definition) is 2. The van der Waals surface area contributed by atoms with Crippen LogP contribution in [-0.4, -0.2) is 26.5 Å². The van der Waals surface area contributed by atoms with E-state index in [2.05, 4.69) is 38.9 Å². The Morgan fingerprint density at radius 1 is 1.08 bits per heavy atom. The summed E-state index contributed by atoms with van der Waals surface area (Å²) in [7, 11) is -1.54. The first-order valence-electron chi connectivity index (χ1n) is 5.27. The van der Waals surface area contributed by atoms with Gasteiger partial charge in [0.15, 0.2) is 0 Å². The molecule has 0 aromatic carbocycles. The molecule has 0 aromatic heterocycles. The van der Waals surface area contributed by atoms with Crippen molar-refractivity contribution in [3.63, 3.8) is 0 Å². The Bertz CT molecular complexity index is 168. The van der Waals surface area contributed by atoms with E-state index < -0.39 is 8.32 Å². The fraction of sp³-hybridized carbons (Fsp3) is 1.00. The minimum absolute atomic E-state index is 0.329. The van der Waals surface area contributed by atoms with Crippen LogP contribution in [0.4, 0.5) is 0 Å². The molecule has 1 rings (SSSR count). The van der Waals surface area contributed by atoms with Crippen LogP contribution >= 0.6 is 0 Å². The van der Waals surface area contributed by atoms with E-state index in [9.17, 15) is 0 Å². The van der Waals surface area contributed by atoms with Crippen molar-refractivity contribution < 1.29 is 4.53 Å². The van der Waals surface area contributed by atoms with Gasteiger partial charge in [0.25, 0.3) is 0 Å². The smallest absolute Gasteiger partial charge is 0.220 e. The van der Waals surface area contributed by atoms with Gasteiger partial charge in [-0.25, -0.2) is 5.06 Å². The van der Waals surface area contributed by atoms with E-state index in [4.69, 9.17) is 4.53 Å². The standard InChI is InChI=1S/C10H23NOSi/c1-10(2,3)13(4,5)12-11-8-6-7-9-11/h6-9H2,1-5H3. The second-order valence-corrected chi connectivity index (χ2v) is 10.2. The highest BCUT2D eigenvalue weighted by molar-refractivity contribution is 6.74. The second kappa shape index (κ2) is 3.71. The highest BCUT2D eigenvalue weighted by Gasteiger charge is 2.39. The minimum Gasteiger partial charge on any atom is -0.342 e. The Balaban J connectivity index is 2.50. The number of hydrogen-bond donors (Lipinski definition) is 0. The molecule has 2 nitrogen and oxygen atoms in total. The van der Waals surface area contributed by atoms with Crippen molar-refractivity contribution in [2.75, 3.05) is 13.1 Å². The summed E-state index contributed by atoms with van der Waals surface area (Å²) in [6.45, 7) is 13.7. The van der Waals surface area contributed by atoms with E-state index in [1.165, 1.54) is 12.8 Å². The molecular formula is C10H23NOSi. The van der Waals surface area contributed by atoms with Crippen LogP contribution in [-0.2, 0) is 4.53 Å². The van der Waals surface area contributed by atoms with Crippen LogP contribution in [0.15, 0.2) is 0 Å². The maximum absolute atomic E-state index is 6.14. The fourth-order valence-corrected chi connectivity index (χ4v) is 2.34. The third-order valence-electron chi connectivity index (χ3n) is 3.23. The van der Waals surface area contributed by atoms with Gasteiger partial charge in [-0.3, -0.25) is 0 Å². The first-order valence-corrected chi connectivity index (χ1v) is 8.18. The van der Waals surface area contributed by atoms with Gasteiger partial charge >= 0.3 is 0 Å². The van der Waals surface area contributed by atoms with Crippen LogP contribution < -0.4 is 0 Å². The molecule has 13 heavy (non-hydrogen) atoms. The third kappa shape index (κ3) is 2.79. The van der Waals surface area contributed by atoms with Gasteiger partial charge in [-0.2, -0.15) is 0 Å². The first-order chi connectivity index (χ1) is 5.83. The molecule has 0 saturated carbocycles. The third-order valence-corrected chi connectivity index (χ3v) is 7.56. The lowest BCUT2D eigenvalue weighted by atomic mass is 10.2. The highest BCUT2D eigenvalue weighted by Crippen LogP contribution is 2.37. The van der Waals surface area contributed by atoms with Crippen molar-refractivity contribution >= 4 is 8.32 Å². The van der Waals surface area contributed by atoms with Gasteiger partial charge in [0.1, 0.15) is 0 Å². The Morgan fingerprint density at radius 3 is 1.92 bits per heavy atom. The van der Waals surface area contributed by atoms with Gasteiger partial charge in [0, 0.05) is 13.1 Å². The van der Waals surface area contributed by atoms with E-state index in [0.717, 1.165) is 13.1 Å². The molecule has 1 fully saturated rings. The molecule has 1 heterocycles. The predicted octanol–water partition coefficient (Wildman–Crippen LogP) is 3.02. The fourth-order valence-electron chi connectivity index (χ4n) is 1.24. The Labute approximate surface area is 83.3 Å². The van der Waals surface area contributed by atoms with Crippen molar-refractivity contribution in [2.24, 2.45) is 0 Å². The van der Waals surface area contributed by atoms with Gasteiger partial charge < -0.3 is 4.53 Å². The van der Waals surface area contributed by atoms with E-state index in [0.29, 0.717) is 5.04 Å². The summed E-state index contributed by atoms with van der Waals surface area (Å²) in [5.74, 6) is 0. The molecule has 0 unspecified atom stereocenters. The molecule has 0 amide bonds. The molecule has 0 radical (unpaired) electrons. The maximum Gasteiger partial charge on any atom is 0.220 e. The van der Waals surface area contributed by atoms with Gasteiger partial charge in [-0.1, -0.05) is 20.8 Å². The lowest BCUT2D eigenvalue weighted by molar-refractivity contribution is -0.0504. The summed E-state index contributed by atoms with van der Waals surface area (Å²) in [5.41, 5.74) is 0. The molecule has 0 spiro atoms. The summed E-state index contributed by atoms with van der Waals surface area (Å²) in [6, 6.07) is 0. The molecule has 1 aliphatic heterocycles. The Hall–Kier alpha value is 0.137. The minimum atomic E-state index is -1.54. The quantitative estimate of drug-likeness (QED) is 0.637. The average molecular weight is 201 g/mol. The highest BCUT2D eigenvalue weighted by atomic mass is 28.4. The van der Waals surface area contributed by atoms with Crippen LogP contribution in [0.2, 0.25) is 18.1 Å². The molecule has 0 aromatic rings. The molecule has 0 bridgehead atoms. The largest absolute Gasteiger partial charge is 0.342 e. The molecule has 3 heteroatoms. The zero-order chi connectivity index (χ0) is 10.1. The van der Waals surface area contributed by atoms with Crippen LogP contribution in [0.5, 0.6) is 0 Å². The van der Waals surface area contributed by atoms with Gasteiger partial charge in [-0.15, -0.1) is 0 Å². The SMILES string of the molecule is CC(C)(C)[Si](C)(C)ON1CCCC1. The summed E-state index contributed by atoms with van der Waals surface area (Å²) in [5, 5.41) is 2.51.